The lowest BCUT2D eigenvalue weighted by Gasteiger charge is -2.22. The summed E-state index contributed by atoms with van der Waals surface area (Å²) in [5.41, 5.74) is 2.24. The van der Waals surface area contributed by atoms with Gasteiger partial charge in [-0.3, -0.25) is 0 Å². The molecule has 0 saturated heterocycles. The van der Waals surface area contributed by atoms with Crippen molar-refractivity contribution in [2.45, 2.75) is 31.6 Å². The van der Waals surface area contributed by atoms with Crippen molar-refractivity contribution in [3.8, 4) is 0 Å². The fraction of sp³-hybridized carbons (Fsp3) is 0.263. The summed E-state index contributed by atoms with van der Waals surface area (Å²) in [7, 11) is -1.13. The highest BCUT2D eigenvalue weighted by atomic mass is 32.2. The van der Waals surface area contributed by atoms with Crippen LogP contribution in [0.25, 0.3) is 6.08 Å². The number of benzene rings is 2. The van der Waals surface area contributed by atoms with E-state index in [1.54, 1.807) is 0 Å². The van der Waals surface area contributed by atoms with E-state index in [-0.39, 0.29) is 10.8 Å². The van der Waals surface area contributed by atoms with Gasteiger partial charge in [-0.1, -0.05) is 72.8 Å². The van der Waals surface area contributed by atoms with Crippen molar-refractivity contribution in [2.75, 3.05) is 0 Å². The van der Waals surface area contributed by atoms with Gasteiger partial charge in [0.05, 0.1) is 21.8 Å². The Morgan fingerprint density at radius 3 is 2.05 bits per heavy atom. The Morgan fingerprint density at radius 2 is 1.50 bits per heavy atom. The van der Waals surface area contributed by atoms with E-state index in [4.69, 9.17) is 0 Å². The average molecular weight is 313 g/mol. The minimum absolute atomic E-state index is 0.0820. The Morgan fingerprint density at radius 1 is 0.955 bits per heavy atom. The highest BCUT2D eigenvalue weighted by molar-refractivity contribution is 7.84. The third-order valence-electron chi connectivity index (χ3n) is 3.23. The molecular formula is C19H23NOS. The summed E-state index contributed by atoms with van der Waals surface area (Å²) in [5.74, 6) is 0. The lowest BCUT2D eigenvalue weighted by Crippen LogP contribution is -2.35. The quantitative estimate of drug-likeness (QED) is 0.865. The van der Waals surface area contributed by atoms with Crippen molar-refractivity contribution in [2.24, 2.45) is 0 Å². The molecule has 2 nitrogen and oxygen atoms in total. The van der Waals surface area contributed by atoms with Crippen molar-refractivity contribution in [3.05, 3.63) is 77.9 Å². The van der Waals surface area contributed by atoms with Crippen LogP contribution < -0.4 is 4.72 Å². The van der Waals surface area contributed by atoms with Crippen LogP contribution in [0.4, 0.5) is 0 Å². The molecule has 0 aromatic heterocycles. The summed E-state index contributed by atoms with van der Waals surface area (Å²) in [6.07, 6.45) is 4.12. The molecule has 2 rings (SSSR count). The topological polar surface area (TPSA) is 29.1 Å². The maximum absolute atomic E-state index is 12.4. The molecule has 2 aromatic rings. The second-order valence-corrected chi connectivity index (χ2v) is 8.16. The molecule has 0 bridgehead atoms. The second kappa shape index (κ2) is 7.52. The summed E-state index contributed by atoms with van der Waals surface area (Å²) >= 11 is 0. The van der Waals surface area contributed by atoms with Gasteiger partial charge in [-0.15, -0.1) is 0 Å². The maximum atomic E-state index is 12.4. The van der Waals surface area contributed by atoms with E-state index < -0.39 is 11.0 Å². The molecule has 2 aromatic carbocycles. The lowest BCUT2D eigenvalue weighted by molar-refractivity contribution is 0.627. The summed E-state index contributed by atoms with van der Waals surface area (Å²) in [4.78, 5) is 0. The smallest absolute Gasteiger partial charge is 0.0978 e. The van der Waals surface area contributed by atoms with Crippen LogP contribution in [0.1, 0.15) is 37.9 Å². The monoisotopic (exact) mass is 313 g/mol. The standard InChI is InChI=1S/C19H23NOS/c1-19(2,3)22(21)20-18(17-12-8-5-9-13-17)15-14-16-10-6-4-7-11-16/h4-15,18,20H,1-3H3/b15-14+/t18-,22-/m0/s1. The normalized spacial score (nSPS) is 14.9. The van der Waals surface area contributed by atoms with Gasteiger partial charge in [0.1, 0.15) is 0 Å². The van der Waals surface area contributed by atoms with E-state index in [9.17, 15) is 4.21 Å². The van der Waals surface area contributed by atoms with Crippen molar-refractivity contribution < 1.29 is 4.21 Å². The minimum Gasteiger partial charge on any atom is -0.242 e. The number of nitrogens with one attached hydrogen (secondary N) is 1. The Bertz CT molecular complexity index is 629. The van der Waals surface area contributed by atoms with Gasteiger partial charge in [0, 0.05) is 0 Å². The van der Waals surface area contributed by atoms with E-state index in [0.29, 0.717) is 0 Å². The second-order valence-electron chi connectivity index (χ2n) is 6.16. The Balaban J connectivity index is 2.23. The molecule has 0 heterocycles. The predicted molar refractivity (Wildman–Crippen MR) is 95.7 cm³/mol. The summed E-state index contributed by atoms with van der Waals surface area (Å²) in [6, 6.07) is 20.1. The summed E-state index contributed by atoms with van der Waals surface area (Å²) in [6.45, 7) is 5.91. The van der Waals surface area contributed by atoms with Crippen molar-refractivity contribution in [1.29, 1.82) is 0 Å². The van der Waals surface area contributed by atoms with Crippen LogP contribution in [-0.4, -0.2) is 8.96 Å². The molecule has 2 atom stereocenters. The fourth-order valence-corrected chi connectivity index (χ4v) is 2.74. The fourth-order valence-electron chi connectivity index (χ4n) is 1.94. The molecule has 0 fully saturated rings. The molecule has 22 heavy (non-hydrogen) atoms. The number of hydrogen-bond acceptors (Lipinski definition) is 1. The van der Waals surface area contributed by atoms with Crippen LogP contribution in [-0.2, 0) is 11.0 Å². The predicted octanol–water partition coefficient (Wildman–Crippen LogP) is 4.49. The van der Waals surface area contributed by atoms with Crippen molar-refractivity contribution in [3.63, 3.8) is 0 Å². The number of hydrogen-bond donors (Lipinski definition) is 1. The highest BCUT2D eigenvalue weighted by Crippen LogP contribution is 2.19. The molecule has 0 spiro atoms. The average Bonchev–Trinajstić information content (AvgIpc) is 2.52. The first kappa shape index (κ1) is 16.7. The Kier molecular flexibility index (Phi) is 5.69. The first-order valence-electron chi connectivity index (χ1n) is 7.43. The van der Waals surface area contributed by atoms with Crippen LogP contribution in [0.5, 0.6) is 0 Å². The molecule has 0 saturated carbocycles. The molecule has 1 N–H and O–H groups in total. The summed E-state index contributed by atoms with van der Waals surface area (Å²) in [5, 5.41) is 0. The zero-order valence-electron chi connectivity index (χ0n) is 13.3. The number of rotatable bonds is 5. The Hall–Kier alpha value is -1.71. The van der Waals surface area contributed by atoms with E-state index in [1.807, 2.05) is 69.3 Å². The van der Waals surface area contributed by atoms with Crippen molar-refractivity contribution in [1.82, 2.24) is 4.72 Å². The Labute approximate surface area is 135 Å². The first-order chi connectivity index (χ1) is 10.5. The van der Waals surface area contributed by atoms with Gasteiger partial charge in [-0.2, -0.15) is 0 Å². The molecule has 3 heteroatoms. The molecule has 0 radical (unpaired) electrons. The molecule has 0 unspecified atom stereocenters. The third-order valence-corrected chi connectivity index (χ3v) is 4.81. The van der Waals surface area contributed by atoms with Crippen LogP contribution in [0, 0.1) is 0 Å². The lowest BCUT2D eigenvalue weighted by atomic mass is 10.1. The molecule has 0 aliphatic carbocycles. The van der Waals surface area contributed by atoms with Gasteiger partial charge in [-0.05, 0) is 31.9 Å². The first-order valence-corrected chi connectivity index (χ1v) is 8.58. The molecule has 116 valence electrons. The molecule has 0 amide bonds. The van der Waals surface area contributed by atoms with Gasteiger partial charge in [0.25, 0.3) is 0 Å². The minimum atomic E-state index is -1.13. The van der Waals surface area contributed by atoms with Gasteiger partial charge in [0.2, 0.25) is 0 Å². The third kappa shape index (κ3) is 4.93. The SMILES string of the molecule is CC(C)(C)[S@](=O)N[C@@H](/C=C/c1ccccc1)c1ccccc1. The maximum Gasteiger partial charge on any atom is 0.0978 e. The largest absolute Gasteiger partial charge is 0.242 e. The van der Waals surface area contributed by atoms with Crippen LogP contribution in [0.2, 0.25) is 0 Å². The van der Waals surface area contributed by atoms with E-state index in [0.717, 1.165) is 11.1 Å². The zero-order chi connectivity index (χ0) is 16.0. The van der Waals surface area contributed by atoms with Crippen molar-refractivity contribution >= 4 is 17.1 Å². The van der Waals surface area contributed by atoms with Crippen LogP contribution in [0.3, 0.4) is 0 Å². The summed E-state index contributed by atoms with van der Waals surface area (Å²) < 4.78 is 15.4. The van der Waals surface area contributed by atoms with Gasteiger partial charge >= 0.3 is 0 Å². The van der Waals surface area contributed by atoms with Gasteiger partial charge < -0.3 is 0 Å². The zero-order valence-corrected chi connectivity index (χ0v) is 14.1. The van der Waals surface area contributed by atoms with Crippen LogP contribution in [0.15, 0.2) is 66.7 Å². The van der Waals surface area contributed by atoms with E-state index >= 15 is 0 Å². The highest BCUT2D eigenvalue weighted by Gasteiger charge is 2.22. The van der Waals surface area contributed by atoms with Gasteiger partial charge in [-0.25, -0.2) is 8.93 Å². The van der Waals surface area contributed by atoms with E-state index in [1.165, 1.54) is 0 Å². The van der Waals surface area contributed by atoms with E-state index in [2.05, 4.69) is 29.0 Å². The van der Waals surface area contributed by atoms with Crippen LogP contribution >= 0.6 is 0 Å². The van der Waals surface area contributed by atoms with Gasteiger partial charge in [0.15, 0.2) is 0 Å². The molecular weight excluding hydrogens is 290 g/mol. The molecule has 0 aliphatic heterocycles. The molecule has 0 aliphatic rings.